The van der Waals surface area contributed by atoms with Crippen molar-refractivity contribution in [1.82, 2.24) is 9.66 Å². The fourth-order valence-corrected chi connectivity index (χ4v) is 4.31. The van der Waals surface area contributed by atoms with E-state index in [1.165, 1.54) is 18.3 Å². The molecule has 0 bridgehead atoms. The Morgan fingerprint density at radius 1 is 1.08 bits per heavy atom. The Morgan fingerprint density at radius 3 is 2.50 bits per heavy atom. The maximum atomic E-state index is 12.8. The minimum Gasteiger partial charge on any atom is -0.490 e. The minimum atomic E-state index is -1.00. The number of hydrogen-bond donors (Lipinski definition) is 2. The molecule has 3 aromatic carbocycles. The van der Waals surface area contributed by atoms with Gasteiger partial charge >= 0.3 is 11.7 Å². The molecule has 0 radical (unpaired) electrons. The highest BCUT2D eigenvalue weighted by atomic mass is 79.9. The Hall–Kier alpha value is -3.70. The van der Waals surface area contributed by atoms with Crippen molar-refractivity contribution < 1.29 is 19.4 Å². The average Bonchev–Trinajstić information content (AvgIpc) is 2.86. The van der Waals surface area contributed by atoms with Gasteiger partial charge in [-0.1, -0.05) is 24.3 Å². The second kappa shape index (κ2) is 10.9. The highest BCUT2D eigenvalue weighted by Crippen LogP contribution is 2.42. The van der Waals surface area contributed by atoms with Crippen LogP contribution >= 0.6 is 31.9 Å². The van der Waals surface area contributed by atoms with Gasteiger partial charge < -0.3 is 19.6 Å². The highest BCUT2D eigenvalue weighted by Gasteiger charge is 2.18. The van der Waals surface area contributed by atoms with Crippen LogP contribution in [0.5, 0.6) is 11.5 Å². The number of carboxylic acid groups (broad SMARTS) is 1. The van der Waals surface area contributed by atoms with Gasteiger partial charge in [0.2, 0.25) is 0 Å². The Balaban J connectivity index is 1.66. The van der Waals surface area contributed by atoms with Gasteiger partial charge in [0.05, 0.1) is 33.8 Å². The molecule has 36 heavy (non-hydrogen) atoms. The number of aromatic carboxylic acids is 1. The van der Waals surface area contributed by atoms with Crippen molar-refractivity contribution >= 4 is 54.9 Å². The van der Waals surface area contributed by atoms with Gasteiger partial charge in [0, 0.05) is 10.0 Å². The fourth-order valence-electron chi connectivity index (χ4n) is 3.37. The molecule has 0 saturated carbocycles. The van der Waals surface area contributed by atoms with E-state index in [9.17, 15) is 14.4 Å². The van der Waals surface area contributed by atoms with Gasteiger partial charge in [-0.2, -0.15) is 5.10 Å². The lowest BCUT2D eigenvalue weighted by Crippen LogP contribution is -2.32. The van der Waals surface area contributed by atoms with Gasteiger partial charge in [0.25, 0.3) is 5.56 Å². The number of hydrogen-bond acceptors (Lipinski definition) is 6. The monoisotopic (exact) mass is 615 g/mol. The summed E-state index contributed by atoms with van der Waals surface area (Å²) in [4.78, 5) is 38.9. The zero-order valence-corrected chi connectivity index (χ0v) is 22.0. The van der Waals surface area contributed by atoms with Gasteiger partial charge in [-0.25, -0.2) is 9.59 Å². The SMILES string of the molecule is CCOc1cc(C=Nn2c(=O)[nH]c3ccccc3c2=O)c(Br)c(Br)c1OCc1ccc(C(=O)O)cc1. The van der Waals surface area contributed by atoms with Crippen LogP contribution in [0.1, 0.15) is 28.4 Å². The first-order chi connectivity index (χ1) is 17.3. The van der Waals surface area contributed by atoms with Gasteiger partial charge in [0.1, 0.15) is 6.61 Å². The zero-order valence-electron chi connectivity index (χ0n) is 18.8. The lowest BCUT2D eigenvalue weighted by molar-refractivity contribution is 0.0697. The van der Waals surface area contributed by atoms with Gasteiger partial charge in [-0.3, -0.25) is 4.79 Å². The van der Waals surface area contributed by atoms with Crippen LogP contribution in [0, 0.1) is 0 Å². The number of aromatic amines is 1. The third-order valence-corrected chi connectivity index (χ3v) is 7.28. The number of para-hydroxylation sites is 1. The largest absolute Gasteiger partial charge is 0.490 e. The van der Waals surface area contributed by atoms with Crippen LogP contribution in [0.15, 0.2) is 78.2 Å². The van der Waals surface area contributed by atoms with E-state index in [1.54, 1.807) is 42.5 Å². The van der Waals surface area contributed by atoms with Crippen LogP contribution in [0.4, 0.5) is 0 Å². The molecule has 0 aliphatic carbocycles. The van der Waals surface area contributed by atoms with Crippen LogP contribution in [0.3, 0.4) is 0 Å². The van der Waals surface area contributed by atoms with E-state index in [0.717, 1.165) is 10.2 Å². The number of fused-ring (bicyclic) bond motifs is 1. The maximum Gasteiger partial charge on any atom is 0.349 e. The number of nitrogens with zero attached hydrogens (tertiary/aromatic N) is 2. The quantitative estimate of drug-likeness (QED) is 0.275. The summed E-state index contributed by atoms with van der Waals surface area (Å²) in [6.07, 6.45) is 1.37. The summed E-state index contributed by atoms with van der Waals surface area (Å²) < 4.78 is 13.6. The Kier molecular flexibility index (Phi) is 7.70. The normalized spacial score (nSPS) is 11.2. The van der Waals surface area contributed by atoms with Crippen molar-refractivity contribution in [3.8, 4) is 11.5 Å². The van der Waals surface area contributed by atoms with Crippen molar-refractivity contribution in [3.05, 3.63) is 101 Å². The molecule has 9 nitrogen and oxygen atoms in total. The standard InChI is InChI=1S/C25H19Br2N3O6/c1-2-35-19-11-16(12-28-30-23(31)17-5-3-4-6-18(17)29-25(30)34)20(26)21(27)22(19)36-13-14-7-9-15(10-8-14)24(32)33/h3-12H,2,13H2,1H3,(H,29,34)(H,32,33). The van der Waals surface area contributed by atoms with Crippen molar-refractivity contribution in [2.75, 3.05) is 6.61 Å². The van der Waals surface area contributed by atoms with E-state index >= 15 is 0 Å². The zero-order chi connectivity index (χ0) is 25.8. The summed E-state index contributed by atoms with van der Waals surface area (Å²) in [5.74, 6) is -0.169. The van der Waals surface area contributed by atoms with Gasteiger partial charge in [-0.05, 0) is 74.7 Å². The van der Waals surface area contributed by atoms with Crippen molar-refractivity contribution in [2.45, 2.75) is 13.5 Å². The van der Waals surface area contributed by atoms with Crippen LogP contribution in [0.25, 0.3) is 10.9 Å². The van der Waals surface area contributed by atoms with E-state index < -0.39 is 17.2 Å². The number of carbonyl (C=O) groups is 1. The molecule has 4 aromatic rings. The minimum absolute atomic E-state index is 0.167. The predicted octanol–water partition coefficient (Wildman–Crippen LogP) is 4.77. The number of nitrogens with one attached hydrogen (secondary N) is 1. The number of aromatic nitrogens is 2. The molecular formula is C25H19Br2N3O6. The molecule has 2 N–H and O–H groups in total. The first-order valence-electron chi connectivity index (χ1n) is 10.7. The third kappa shape index (κ3) is 5.26. The summed E-state index contributed by atoms with van der Waals surface area (Å²) in [7, 11) is 0. The van der Waals surface area contributed by atoms with E-state index in [2.05, 4.69) is 41.9 Å². The molecule has 11 heteroatoms. The molecule has 1 heterocycles. The summed E-state index contributed by atoms with van der Waals surface area (Å²) in [6, 6.07) is 14.7. The molecule has 0 aliphatic heterocycles. The van der Waals surface area contributed by atoms with Crippen LogP contribution in [0.2, 0.25) is 0 Å². The molecule has 0 saturated heterocycles. The molecule has 1 aromatic heterocycles. The average molecular weight is 617 g/mol. The van der Waals surface area contributed by atoms with Crippen LogP contribution in [-0.2, 0) is 6.61 Å². The molecule has 0 unspecified atom stereocenters. The maximum absolute atomic E-state index is 12.8. The summed E-state index contributed by atoms with van der Waals surface area (Å²) in [6.45, 7) is 2.35. The second-order valence-corrected chi connectivity index (χ2v) is 9.07. The predicted molar refractivity (Wildman–Crippen MR) is 143 cm³/mol. The van der Waals surface area contributed by atoms with Gasteiger partial charge in [0.15, 0.2) is 11.5 Å². The molecule has 0 aliphatic rings. The number of halogens is 2. The van der Waals surface area contributed by atoms with Crippen molar-refractivity contribution in [2.24, 2.45) is 5.10 Å². The molecule has 0 spiro atoms. The number of H-pyrrole nitrogens is 1. The van der Waals surface area contributed by atoms with Crippen LogP contribution < -0.4 is 20.7 Å². The van der Waals surface area contributed by atoms with Crippen molar-refractivity contribution in [1.29, 1.82) is 0 Å². The Bertz CT molecular complexity index is 1590. The summed E-state index contributed by atoms with van der Waals surface area (Å²) >= 11 is 7.02. The second-order valence-electron chi connectivity index (χ2n) is 7.48. The summed E-state index contributed by atoms with van der Waals surface area (Å²) in [5, 5.41) is 13.5. The Morgan fingerprint density at radius 2 is 1.81 bits per heavy atom. The smallest absolute Gasteiger partial charge is 0.349 e. The lowest BCUT2D eigenvalue weighted by atomic mass is 10.1. The Labute approximate surface area is 221 Å². The summed E-state index contributed by atoms with van der Waals surface area (Å²) in [5.41, 5.74) is 0.712. The van der Waals surface area contributed by atoms with E-state index in [-0.39, 0.29) is 12.2 Å². The van der Waals surface area contributed by atoms with Crippen molar-refractivity contribution in [3.63, 3.8) is 0 Å². The molecule has 0 amide bonds. The molecule has 0 fully saturated rings. The first kappa shape index (κ1) is 25.4. The van der Waals surface area contributed by atoms with Gasteiger partial charge in [-0.15, -0.1) is 4.68 Å². The molecule has 4 rings (SSSR count). The van der Waals surface area contributed by atoms with E-state index in [1.807, 2.05) is 6.92 Å². The number of benzene rings is 3. The molecule has 0 atom stereocenters. The lowest BCUT2D eigenvalue weighted by Gasteiger charge is -2.16. The number of ether oxygens (including phenoxy) is 2. The molecule has 184 valence electrons. The molecular weight excluding hydrogens is 598 g/mol. The van der Waals surface area contributed by atoms with Crippen LogP contribution in [-0.4, -0.2) is 33.6 Å². The first-order valence-corrected chi connectivity index (χ1v) is 12.3. The number of rotatable bonds is 8. The fraction of sp³-hybridized carbons (Fsp3) is 0.120. The highest BCUT2D eigenvalue weighted by molar-refractivity contribution is 9.13. The van der Waals surface area contributed by atoms with E-state index in [4.69, 9.17) is 14.6 Å². The topological polar surface area (TPSA) is 123 Å². The third-order valence-electron chi connectivity index (χ3n) is 5.14. The number of carboxylic acids is 1. The van der Waals surface area contributed by atoms with E-state index in [0.29, 0.717) is 43.5 Å².